The van der Waals surface area contributed by atoms with Crippen molar-refractivity contribution in [2.75, 3.05) is 19.8 Å². The summed E-state index contributed by atoms with van der Waals surface area (Å²) >= 11 is 0. The molecule has 9 aromatic carbocycles. The van der Waals surface area contributed by atoms with Gasteiger partial charge in [-0.1, -0.05) is 219 Å². The lowest BCUT2D eigenvalue weighted by Gasteiger charge is -2.50. The van der Waals surface area contributed by atoms with Crippen LogP contribution in [-0.2, 0) is 102 Å². The van der Waals surface area contributed by atoms with Crippen molar-refractivity contribution in [2.45, 2.75) is 140 Å². The average molecular weight is 1470 g/mol. The maximum atomic E-state index is 15.0. The highest BCUT2D eigenvalue weighted by molar-refractivity contribution is 5.91. The van der Waals surface area contributed by atoms with E-state index in [4.69, 9.17) is 66.3 Å². The highest BCUT2D eigenvalue weighted by Gasteiger charge is 2.57. The molecule has 12 unspecified atom stereocenters. The van der Waals surface area contributed by atoms with Gasteiger partial charge in [-0.05, 0) is 96.8 Å². The van der Waals surface area contributed by atoms with Crippen LogP contribution < -0.4 is 0 Å². The highest BCUT2D eigenvalue weighted by atomic mass is 16.8. The first-order chi connectivity index (χ1) is 52.7. The van der Waals surface area contributed by atoms with Crippen LogP contribution in [0.5, 0.6) is 0 Å². The van der Waals surface area contributed by atoms with Gasteiger partial charge in [0.15, 0.2) is 24.8 Å². The van der Waals surface area contributed by atoms with Crippen molar-refractivity contribution in [1.82, 2.24) is 0 Å². The molecule has 108 heavy (non-hydrogen) atoms. The van der Waals surface area contributed by atoms with Gasteiger partial charge in [0.05, 0.1) is 67.3 Å². The predicted molar refractivity (Wildman–Crippen MR) is 393 cm³/mol. The van der Waals surface area contributed by atoms with Gasteiger partial charge in [-0.2, -0.15) is 0 Å². The Labute approximate surface area is 627 Å². The van der Waals surface area contributed by atoms with Gasteiger partial charge >= 0.3 is 35.8 Å². The van der Waals surface area contributed by atoms with E-state index in [0.717, 1.165) is 11.1 Å². The zero-order valence-electron chi connectivity index (χ0n) is 60.0. The van der Waals surface area contributed by atoms with E-state index < -0.39 is 141 Å². The van der Waals surface area contributed by atoms with Crippen molar-refractivity contribution < 1.29 is 99.9 Å². The molecular formula is C87H86O21. The summed E-state index contributed by atoms with van der Waals surface area (Å²) in [6.45, 7) is 2.72. The Morgan fingerprint density at radius 3 is 1.20 bits per heavy atom. The molecule has 9 aromatic rings. The second-order valence-electron chi connectivity index (χ2n) is 26.0. The largest absolute Gasteiger partial charge is 0.459 e. The molecule has 11 rings (SSSR count). The Balaban J connectivity index is 1.06. The van der Waals surface area contributed by atoms with Crippen LogP contribution in [0.15, 0.2) is 273 Å². The molecule has 2 heterocycles. The second-order valence-corrected chi connectivity index (χ2v) is 26.0. The lowest BCUT2D eigenvalue weighted by Crippen LogP contribution is -2.67. The van der Waals surface area contributed by atoms with Crippen LogP contribution in [0.3, 0.4) is 0 Å². The van der Waals surface area contributed by atoms with E-state index in [9.17, 15) is 33.6 Å². The Bertz CT molecular complexity index is 4260. The van der Waals surface area contributed by atoms with Crippen LogP contribution in [0.25, 0.3) is 0 Å². The van der Waals surface area contributed by atoms with E-state index in [-0.39, 0.29) is 73.1 Å². The summed E-state index contributed by atoms with van der Waals surface area (Å²) in [7, 11) is 0. The van der Waals surface area contributed by atoms with E-state index in [2.05, 4.69) is 0 Å². The molecule has 2 aliphatic rings. The minimum atomic E-state index is -1.80. The Morgan fingerprint density at radius 2 is 0.741 bits per heavy atom. The quantitative estimate of drug-likeness (QED) is 0.0261. The van der Waals surface area contributed by atoms with Crippen LogP contribution in [0, 0.1) is 5.92 Å². The Hall–Kier alpha value is -10.9. The van der Waals surface area contributed by atoms with Crippen LogP contribution in [0.2, 0.25) is 0 Å². The molecule has 0 bridgehead atoms. The van der Waals surface area contributed by atoms with Gasteiger partial charge in [-0.25, -0.2) is 24.0 Å². The minimum absolute atomic E-state index is 0.0593. The fourth-order valence-corrected chi connectivity index (χ4v) is 12.4. The third-order valence-electron chi connectivity index (χ3n) is 18.1. The normalized spacial score (nSPS) is 20.8. The highest BCUT2D eigenvalue weighted by Crippen LogP contribution is 2.39. The Kier molecular flexibility index (Phi) is 29.1. The number of rotatable bonds is 36. The summed E-state index contributed by atoms with van der Waals surface area (Å²) in [6, 6.07) is 78.1. The lowest BCUT2D eigenvalue weighted by molar-refractivity contribution is -0.376. The number of esters is 6. The van der Waals surface area contributed by atoms with E-state index in [1.807, 2.05) is 97.1 Å². The number of ether oxygens (including phenoxy) is 14. The molecule has 0 saturated carbocycles. The smallest absolute Gasteiger partial charge is 0.338 e. The molecule has 2 saturated heterocycles. The first-order valence-electron chi connectivity index (χ1n) is 35.8. The van der Waals surface area contributed by atoms with Gasteiger partial charge in [0.2, 0.25) is 0 Å². The van der Waals surface area contributed by atoms with E-state index in [1.165, 1.54) is 6.92 Å². The zero-order chi connectivity index (χ0) is 75.4. The molecule has 0 aromatic heterocycles. The van der Waals surface area contributed by atoms with Crippen LogP contribution >= 0.6 is 0 Å². The molecule has 0 radical (unpaired) electrons. The van der Waals surface area contributed by atoms with Crippen molar-refractivity contribution in [2.24, 2.45) is 5.92 Å². The maximum absolute atomic E-state index is 15.0. The van der Waals surface area contributed by atoms with E-state index in [1.54, 1.807) is 190 Å². The Morgan fingerprint density at radius 1 is 0.361 bits per heavy atom. The summed E-state index contributed by atoms with van der Waals surface area (Å²) in [5.41, 5.74) is 3.78. The first kappa shape index (κ1) is 78.2. The van der Waals surface area contributed by atoms with E-state index >= 15 is 0 Å². The van der Waals surface area contributed by atoms with Gasteiger partial charge < -0.3 is 71.1 Å². The molecule has 2 fully saturated rings. The fourth-order valence-electron chi connectivity index (χ4n) is 12.4. The number of ketones is 1. The number of carbonyl (C=O) groups excluding carboxylic acids is 7. The third kappa shape index (κ3) is 22.6. The molecule has 21 nitrogen and oxygen atoms in total. The average Bonchev–Trinajstić information content (AvgIpc) is 0.761. The second kappa shape index (κ2) is 40.2. The number of hydrogen-bond acceptors (Lipinski definition) is 21. The molecule has 0 spiro atoms. The van der Waals surface area contributed by atoms with Crippen molar-refractivity contribution in [3.63, 3.8) is 0 Å². The van der Waals surface area contributed by atoms with Gasteiger partial charge in [-0.15, -0.1) is 0 Å². The molecular weight excluding hydrogens is 1380 g/mol. The number of carbonyl (C=O) groups is 7. The number of hydrogen-bond donors (Lipinski definition) is 0. The van der Waals surface area contributed by atoms with Crippen molar-refractivity contribution in [3.8, 4) is 0 Å². The summed E-state index contributed by atoms with van der Waals surface area (Å²) in [5, 5.41) is 0. The van der Waals surface area contributed by atoms with Gasteiger partial charge in [0, 0.05) is 12.3 Å². The van der Waals surface area contributed by atoms with Crippen LogP contribution in [0.4, 0.5) is 0 Å². The SMILES string of the molecule is CC(=O)CCC(=O)OC1C(OC2OC(COCc3ccccc3)C(OC(=O)c3ccccc3)C(OCc3ccccc3)C2OCc2ccccc2)C(COC(=O)c2ccccc2)OC(OC(C(C)[C@@H](COC(=O)c2ccccc2)OC(=O)c2ccccc2)[C@@H](C)OC(=O)c2ccccc2)C1OCc1ccccc1. The van der Waals surface area contributed by atoms with Gasteiger partial charge in [0.1, 0.15) is 73.9 Å². The van der Waals surface area contributed by atoms with E-state index in [0.29, 0.717) is 11.1 Å². The molecule has 2 aliphatic heterocycles. The third-order valence-corrected chi connectivity index (χ3v) is 18.1. The van der Waals surface area contributed by atoms with Crippen molar-refractivity contribution >= 4 is 41.6 Å². The molecule has 0 N–H and O–H groups in total. The summed E-state index contributed by atoms with van der Waals surface area (Å²) < 4.78 is 95.1. The van der Waals surface area contributed by atoms with Crippen LogP contribution in [0.1, 0.15) is 108 Å². The maximum Gasteiger partial charge on any atom is 0.338 e. The summed E-state index contributed by atoms with van der Waals surface area (Å²) in [4.78, 5) is 99.7. The molecule has 0 aliphatic carbocycles. The molecule has 21 heteroatoms. The minimum Gasteiger partial charge on any atom is -0.459 e. The van der Waals surface area contributed by atoms with Gasteiger partial charge in [0.25, 0.3) is 0 Å². The first-order valence-corrected chi connectivity index (χ1v) is 35.8. The zero-order valence-corrected chi connectivity index (χ0v) is 60.0. The number of Topliss-reactive ketones (excluding diaryl/α,β-unsaturated/α-hetero) is 1. The molecule has 0 amide bonds. The lowest BCUT2D eigenvalue weighted by atomic mass is 9.93. The summed E-state index contributed by atoms with van der Waals surface area (Å²) in [5.74, 6) is -6.25. The summed E-state index contributed by atoms with van der Waals surface area (Å²) in [6.07, 6.45) is -20.3. The van der Waals surface area contributed by atoms with Crippen molar-refractivity contribution in [1.29, 1.82) is 0 Å². The molecule has 560 valence electrons. The standard InChI is InChI=1S/C87H86O21/c1-58(88)49-50-73(89)105-78-76(108-86-79(97-53-63-35-17-6-18-36-63)77(96-52-62-33-15-5-16-34-62)75(106-85(94)69-47-29-12-30-48-69)71(103-86)55-95-51-61-31-13-4-14-32-61)72(57-100-82(91)66-41-23-9-24-42-66)104-87(80(78)98-54-64-37-19-7-20-38-64)107-74(60(3)101-83(92)67-43-25-10-26-44-67)59(2)70(102-84(93)68-45-27-11-28-46-68)56-99-81(90)65-39-21-8-22-40-65/h4-48,59-60,70-72,74-80,86-87H,49-57H2,1-3H3/t59?,60-,70-,71?,72?,74?,75?,76?,77?,78?,79?,80?,86?,87?/m1/s1. The monoisotopic (exact) mass is 1470 g/mol. The van der Waals surface area contributed by atoms with Gasteiger partial charge in [-0.3, -0.25) is 4.79 Å². The molecule has 14 atom stereocenters. The number of benzene rings is 9. The fraction of sp³-hybridized carbons (Fsp3) is 0.299. The topological polar surface area (TPSA) is 249 Å². The predicted octanol–water partition coefficient (Wildman–Crippen LogP) is 13.5. The van der Waals surface area contributed by atoms with Crippen LogP contribution in [-0.4, -0.2) is 141 Å². The van der Waals surface area contributed by atoms with Crippen molar-refractivity contribution in [3.05, 3.63) is 323 Å².